The number of methoxy groups -OCH3 is 1. The first-order chi connectivity index (χ1) is 14.0. The molecule has 1 heterocycles. The summed E-state index contributed by atoms with van der Waals surface area (Å²) in [7, 11) is 1.43. The third-order valence-corrected chi connectivity index (χ3v) is 5.03. The molecule has 2 aromatic carbocycles. The highest BCUT2D eigenvalue weighted by atomic mass is 32.1. The van der Waals surface area contributed by atoms with Crippen molar-refractivity contribution < 1.29 is 28.6 Å². The Labute approximate surface area is 170 Å². The number of phenols is 1. The summed E-state index contributed by atoms with van der Waals surface area (Å²) in [5.74, 6) is -1.67. The number of thiophene rings is 1. The molecule has 0 aliphatic heterocycles. The van der Waals surface area contributed by atoms with Gasteiger partial charge in [0, 0.05) is 10.9 Å². The number of benzene rings is 2. The first-order valence-electron chi connectivity index (χ1n) is 8.60. The molecule has 3 rings (SSSR count). The number of esters is 1. The minimum Gasteiger partial charge on any atom is -0.507 e. The van der Waals surface area contributed by atoms with Crippen LogP contribution in [0.3, 0.4) is 0 Å². The lowest BCUT2D eigenvalue weighted by atomic mass is 10.1. The monoisotopic (exact) mass is 415 g/mol. The lowest BCUT2D eigenvalue weighted by Gasteiger charge is -2.18. The molecule has 0 aliphatic carbocycles. The fourth-order valence-electron chi connectivity index (χ4n) is 2.65. The molecule has 0 bridgehead atoms. The summed E-state index contributed by atoms with van der Waals surface area (Å²) in [6, 6.07) is 13.1. The van der Waals surface area contributed by atoms with Crippen LogP contribution in [-0.4, -0.2) is 30.7 Å². The molecule has 29 heavy (non-hydrogen) atoms. The highest BCUT2D eigenvalue weighted by Gasteiger charge is 2.20. The SMILES string of the molecule is COc1ccc(C(=O)OCC(=O)N[C@H](c2ccc(F)cc2)c2cccs2)c(O)c1. The number of ether oxygens (including phenoxy) is 2. The highest BCUT2D eigenvalue weighted by molar-refractivity contribution is 7.10. The molecule has 0 unspecified atom stereocenters. The Bertz CT molecular complexity index is 989. The Balaban J connectivity index is 1.66. The van der Waals surface area contributed by atoms with Crippen molar-refractivity contribution in [2.75, 3.05) is 13.7 Å². The van der Waals surface area contributed by atoms with E-state index in [1.54, 1.807) is 12.1 Å². The maximum absolute atomic E-state index is 13.2. The quantitative estimate of drug-likeness (QED) is 0.576. The van der Waals surface area contributed by atoms with Crippen molar-refractivity contribution in [2.45, 2.75) is 6.04 Å². The van der Waals surface area contributed by atoms with Gasteiger partial charge in [-0.05, 0) is 41.3 Å². The number of carbonyl (C=O) groups excluding carboxylic acids is 2. The molecular weight excluding hydrogens is 397 g/mol. The molecule has 8 heteroatoms. The lowest BCUT2D eigenvalue weighted by molar-refractivity contribution is -0.124. The van der Waals surface area contributed by atoms with Crippen LogP contribution in [0.2, 0.25) is 0 Å². The van der Waals surface area contributed by atoms with Crippen LogP contribution < -0.4 is 10.1 Å². The fraction of sp³-hybridized carbons (Fsp3) is 0.143. The van der Waals surface area contributed by atoms with E-state index in [1.807, 2.05) is 17.5 Å². The number of halogens is 1. The molecule has 0 saturated carbocycles. The zero-order chi connectivity index (χ0) is 20.8. The van der Waals surface area contributed by atoms with Gasteiger partial charge < -0.3 is 19.9 Å². The number of phenolic OH excluding ortho intramolecular Hbond substituents is 1. The van der Waals surface area contributed by atoms with Gasteiger partial charge in [-0.3, -0.25) is 4.79 Å². The van der Waals surface area contributed by atoms with Gasteiger partial charge in [-0.1, -0.05) is 18.2 Å². The Morgan fingerprint density at radius 2 is 1.93 bits per heavy atom. The zero-order valence-electron chi connectivity index (χ0n) is 15.4. The van der Waals surface area contributed by atoms with Crippen molar-refractivity contribution in [3.8, 4) is 11.5 Å². The topological polar surface area (TPSA) is 84.9 Å². The van der Waals surface area contributed by atoms with Crippen molar-refractivity contribution in [3.05, 3.63) is 81.8 Å². The largest absolute Gasteiger partial charge is 0.507 e. The molecular formula is C21H18FNO5S. The Morgan fingerprint density at radius 3 is 2.55 bits per heavy atom. The number of amides is 1. The fourth-order valence-corrected chi connectivity index (χ4v) is 3.45. The van der Waals surface area contributed by atoms with Gasteiger partial charge in [-0.25, -0.2) is 9.18 Å². The van der Waals surface area contributed by atoms with Crippen LogP contribution in [0.25, 0.3) is 0 Å². The summed E-state index contributed by atoms with van der Waals surface area (Å²) in [6.07, 6.45) is 0. The molecule has 1 amide bonds. The van der Waals surface area contributed by atoms with Gasteiger partial charge in [0.15, 0.2) is 6.61 Å². The normalized spacial score (nSPS) is 11.5. The maximum Gasteiger partial charge on any atom is 0.342 e. The number of rotatable bonds is 7. The van der Waals surface area contributed by atoms with Crippen molar-refractivity contribution in [1.82, 2.24) is 5.32 Å². The molecule has 1 aromatic heterocycles. The minimum atomic E-state index is -0.838. The lowest BCUT2D eigenvalue weighted by Crippen LogP contribution is -2.32. The van der Waals surface area contributed by atoms with Crippen molar-refractivity contribution in [3.63, 3.8) is 0 Å². The molecule has 0 saturated heterocycles. The summed E-state index contributed by atoms with van der Waals surface area (Å²) in [4.78, 5) is 25.4. The Kier molecular flexibility index (Phi) is 6.46. The van der Waals surface area contributed by atoms with Gasteiger partial charge in [-0.15, -0.1) is 11.3 Å². The molecule has 2 N–H and O–H groups in total. The molecule has 0 aliphatic rings. The Hall–Kier alpha value is -3.39. The number of hydrogen-bond donors (Lipinski definition) is 2. The van der Waals surface area contributed by atoms with Gasteiger partial charge >= 0.3 is 5.97 Å². The van der Waals surface area contributed by atoms with Crippen molar-refractivity contribution >= 4 is 23.2 Å². The van der Waals surface area contributed by atoms with Gasteiger partial charge in [0.05, 0.1) is 13.2 Å². The van der Waals surface area contributed by atoms with Gasteiger partial charge in [-0.2, -0.15) is 0 Å². The van der Waals surface area contributed by atoms with Crippen LogP contribution in [0.1, 0.15) is 26.8 Å². The molecule has 0 fully saturated rings. The first kappa shape index (κ1) is 20.3. The second-order valence-electron chi connectivity index (χ2n) is 6.03. The van der Waals surface area contributed by atoms with E-state index in [0.717, 1.165) is 4.88 Å². The molecule has 0 radical (unpaired) electrons. The standard InChI is InChI=1S/C21H18FNO5S/c1-27-15-8-9-16(17(24)11-15)21(26)28-12-19(25)23-20(18-3-2-10-29-18)13-4-6-14(22)7-5-13/h2-11,20,24H,12H2,1H3,(H,23,25)/t20-/m1/s1. The average Bonchev–Trinajstić information content (AvgIpc) is 3.25. The second kappa shape index (κ2) is 9.20. The molecule has 1 atom stereocenters. The van der Waals surface area contributed by atoms with Gasteiger partial charge in [0.1, 0.15) is 22.9 Å². The van der Waals surface area contributed by atoms with Crippen LogP contribution in [0.4, 0.5) is 4.39 Å². The summed E-state index contributed by atoms with van der Waals surface area (Å²) in [6.45, 7) is -0.534. The molecule has 0 spiro atoms. The number of carbonyl (C=O) groups is 2. The van der Waals surface area contributed by atoms with E-state index in [4.69, 9.17) is 9.47 Å². The first-order valence-corrected chi connectivity index (χ1v) is 9.48. The minimum absolute atomic E-state index is 0.0769. The predicted molar refractivity (Wildman–Crippen MR) is 106 cm³/mol. The van der Waals surface area contributed by atoms with E-state index < -0.39 is 24.5 Å². The van der Waals surface area contributed by atoms with Crippen molar-refractivity contribution in [2.24, 2.45) is 0 Å². The van der Waals surface area contributed by atoms with Crippen LogP contribution in [0.15, 0.2) is 60.0 Å². The van der Waals surface area contributed by atoms with E-state index in [0.29, 0.717) is 11.3 Å². The summed E-state index contributed by atoms with van der Waals surface area (Å²) >= 11 is 1.44. The van der Waals surface area contributed by atoms with Gasteiger partial charge in [0.2, 0.25) is 0 Å². The van der Waals surface area contributed by atoms with Gasteiger partial charge in [0.25, 0.3) is 5.91 Å². The summed E-state index contributed by atoms with van der Waals surface area (Å²) < 4.78 is 23.2. The van der Waals surface area contributed by atoms with E-state index in [9.17, 15) is 19.1 Å². The van der Waals surface area contributed by atoms with Crippen molar-refractivity contribution in [1.29, 1.82) is 0 Å². The second-order valence-corrected chi connectivity index (χ2v) is 7.01. The van der Waals surface area contributed by atoms with Crippen LogP contribution in [-0.2, 0) is 9.53 Å². The van der Waals surface area contributed by atoms with E-state index >= 15 is 0 Å². The number of hydrogen-bond acceptors (Lipinski definition) is 6. The summed E-state index contributed by atoms with van der Waals surface area (Å²) in [5, 5.41) is 14.5. The van der Waals surface area contributed by atoms with Crippen LogP contribution >= 0.6 is 11.3 Å². The molecule has 6 nitrogen and oxygen atoms in total. The summed E-state index contributed by atoms with van der Waals surface area (Å²) in [5.41, 5.74) is 0.619. The van der Waals surface area contributed by atoms with E-state index in [-0.39, 0.29) is 17.1 Å². The van der Waals surface area contributed by atoms with E-state index in [1.165, 1.54) is 48.8 Å². The van der Waals surface area contributed by atoms with Crippen LogP contribution in [0.5, 0.6) is 11.5 Å². The average molecular weight is 415 g/mol. The van der Waals surface area contributed by atoms with E-state index in [2.05, 4.69) is 5.32 Å². The third-order valence-electron chi connectivity index (χ3n) is 4.10. The third kappa shape index (κ3) is 5.11. The van der Waals surface area contributed by atoms with Crippen LogP contribution in [0, 0.1) is 5.82 Å². The maximum atomic E-state index is 13.2. The number of aromatic hydroxyl groups is 1. The smallest absolute Gasteiger partial charge is 0.342 e. The number of nitrogens with one attached hydrogen (secondary N) is 1. The predicted octanol–water partition coefficient (Wildman–Crippen LogP) is 3.66. The molecule has 3 aromatic rings. The molecule has 150 valence electrons. The highest BCUT2D eigenvalue weighted by Crippen LogP contribution is 2.27. The zero-order valence-corrected chi connectivity index (χ0v) is 16.2. The Morgan fingerprint density at radius 1 is 1.17 bits per heavy atom.